The van der Waals surface area contributed by atoms with Crippen molar-refractivity contribution in [1.29, 1.82) is 0 Å². The molecule has 160 valence electrons. The SMILES string of the molecule is CC(C)(C)n1c(NC(=O)C2=NN(C3CCS(=O)(=O)C3)C(=O)CC2)nc2ccccc21. The van der Waals surface area contributed by atoms with Gasteiger partial charge in [0.05, 0.1) is 28.6 Å². The highest BCUT2D eigenvalue weighted by Gasteiger charge is 2.37. The van der Waals surface area contributed by atoms with Crippen LogP contribution in [0.1, 0.15) is 40.0 Å². The molecule has 1 unspecified atom stereocenters. The standard InChI is InChI=1S/C20H25N5O4S/c1-20(2,3)24-16-7-5-4-6-14(16)21-19(24)22-18(27)15-8-9-17(26)25(23-15)13-10-11-30(28,29)12-13/h4-7,13H,8-12H2,1-3H3,(H,21,22,27). The number of amides is 2. The number of fused-ring (bicyclic) bond motifs is 1. The predicted molar refractivity (Wildman–Crippen MR) is 114 cm³/mol. The van der Waals surface area contributed by atoms with Gasteiger partial charge in [0.25, 0.3) is 5.91 Å². The minimum Gasteiger partial charge on any atom is -0.305 e. The third-order valence-electron chi connectivity index (χ3n) is 5.33. The van der Waals surface area contributed by atoms with E-state index in [2.05, 4.69) is 15.4 Å². The van der Waals surface area contributed by atoms with Gasteiger partial charge in [0.1, 0.15) is 5.71 Å². The normalized spacial score (nSPS) is 21.7. The molecule has 2 aliphatic rings. The van der Waals surface area contributed by atoms with E-state index in [0.29, 0.717) is 12.4 Å². The van der Waals surface area contributed by atoms with E-state index in [1.807, 2.05) is 49.6 Å². The van der Waals surface area contributed by atoms with E-state index in [9.17, 15) is 18.0 Å². The van der Waals surface area contributed by atoms with Gasteiger partial charge in [-0.2, -0.15) is 5.10 Å². The van der Waals surface area contributed by atoms with Crippen LogP contribution in [-0.2, 0) is 25.0 Å². The Bertz CT molecular complexity index is 1160. The first kappa shape index (κ1) is 20.5. The van der Waals surface area contributed by atoms with Crippen LogP contribution in [0.3, 0.4) is 0 Å². The van der Waals surface area contributed by atoms with E-state index in [-0.39, 0.29) is 41.5 Å². The van der Waals surface area contributed by atoms with E-state index in [4.69, 9.17) is 0 Å². The fourth-order valence-electron chi connectivity index (χ4n) is 3.95. The Morgan fingerprint density at radius 2 is 1.93 bits per heavy atom. The van der Waals surface area contributed by atoms with Gasteiger partial charge < -0.3 is 4.57 Å². The number of carbonyl (C=O) groups excluding carboxylic acids is 2. The van der Waals surface area contributed by atoms with Crippen LogP contribution in [0.25, 0.3) is 11.0 Å². The maximum atomic E-state index is 13.0. The van der Waals surface area contributed by atoms with Crippen LogP contribution in [0.15, 0.2) is 29.4 Å². The highest BCUT2D eigenvalue weighted by molar-refractivity contribution is 7.91. The highest BCUT2D eigenvalue weighted by atomic mass is 32.2. The second-order valence-electron chi connectivity index (χ2n) is 8.73. The lowest BCUT2D eigenvalue weighted by molar-refractivity contribution is -0.133. The molecule has 4 rings (SSSR count). The topological polar surface area (TPSA) is 114 Å². The van der Waals surface area contributed by atoms with Crippen LogP contribution < -0.4 is 5.32 Å². The number of anilines is 1. The van der Waals surface area contributed by atoms with Gasteiger partial charge in [-0.25, -0.2) is 18.4 Å². The van der Waals surface area contributed by atoms with E-state index in [1.54, 1.807) is 0 Å². The quantitative estimate of drug-likeness (QED) is 0.797. The zero-order valence-corrected chi connectivity index (χ0v) is 18.1. The molecule has 0 spiro atoms. The first-order valence-electron chi connectivity index (χ1n) is 9.94. The molecule has 9 nitrogen and oxygen atoms in total. The van der Waals surface area contributed by atoms with Crippen molar-refractivity contribution >= 4 is 44.3 Å². The number of nitrogens with zero attached hydrogens (tertiary/aromatic N) is 4. The second-order valence-corrected chi connectivity index (χ2v) is 11.0. The monoisotopic (exact) mass is 431 g/mol. The van der Waals surface area contributed by atoms with Gasteiger partial charge >= 0.3 is 0 Å². The fraction of sp³-hybridized carbons (Fsp3) is 0.500. The molecule has 0 saturated carbocycles. The van der Waals surface area contributed by atoms with Gasteiger partial charge in [-0.15, -0.1) is 0 Å². The zero-order chi connectivity index (χ0) is 21.7. The molecule has 1 aromatic heterocycles. The molecular weight excluding hydrogens is 406 g/mol. The van der Waals surface area contributed by atoms with Crippen LogP contribution in [0.5, 0.6) is 0 Å². The first-order chi connectivity index (χ1) is 14.0. The van der Waals surface area contributed by atoms with Crippen LogP contribution >= 0.6 is 0 Å². The molecule has 0 aliphatic carbocycles. The largest absolute Gasteiger partial charge is 0.305 e. The number of imidazole rings is 1. The lowest BCUT2D eigenvalue weighted by Gasteiger charge is -2.28. The van der Waals surface area contributed by atoms with Gasteiger partial charge in [0.15, 0.2) is 9.84 Å². The van der Waals surface area contributed by atoms with E-state index in [1.165, 1.54) is 5.01 Å². The van der Waals surface area contributed by atoms with Crippen molar-refractivity contribution in [2.45, 2.75) is 51.6 Å². The molecule has 0 bridgehead atoms. The molecule has 0 radical (unpaired) electrons. The zero-order valence-electron chi connectivity index (χ0n) is 17.3. The summed E-state index contributed by atoms with van der Waals surface area (Å²) < 4.78 is 25.5. The maximum Gasteiger partial charge on any atom is 0.274 e. The third kappa shape index (κ3) is 3.83. The average molecular weight is 432 g/mol. The van der Waals surface area contributed by atoms with Crippen molar-refractivity contribution in [3.8, 4) is 0 Å². The van der Waals surface area contributed by atoms with Gasteiger partial charge in [-0.1, -0.05) is 12.1 Å². The number of hydrogen-bond donors (Lipinski definition) is 1. The number of benzene rings is 1. The summed E-state index contributed by atoms with van der Waals surface area (Å²) in [5.74, 6) is -0.363. The summed E-state index contributed by atoms with van der Waals surface area (Å²) in [6.07, 6.45) is 0.668. The number of para-hydroxylation sites is 2. The van der Waals surface area contributed by atoms with Gasteiger partial charge in [-0.05, 0) is 39.3 Å². The van der Waals surface area contributed by atoms with Gasteiger partial charge in [0, 0.05) is 18.4 Å². The van der Waals surface area contributed by atoms with Crippen molar-refractivity contribution < 1.29 is 18.0 Å². The number of rotatable bonds is 3. The molecule has 1 fully saturated rings. The Morgan fingerprint density at radius 1 is 1.20 bits per heavy atom. The molecule has 1 N–H and O–H groups in total. The number of carbonyl (C=O) groups is 2. The van der Waals surface area contributed by atoms with Crippen LogP contribution in [0, 0.1) is 0 Å². The highest BCUT2D eigenvalue weighted by Crippen LogP contribution is 2.28. The fourth-order valence-corrected chi connectivity index (χ4v) is 5.64. The summed E-state index contributed by atoms with van der Waals surface area (Å²) in [5, 5.41) is 8.27. The molecule has 2 aliphatic heterocycles. The minimum atomic E-state index is -3.17. The summed E-state index contributed by atoms with van der Waals surface area (Å²) in [7, 11) is -3.17. The molecule has 1 aromatic carbocycles. The van der Waals surface area contributed by atoms with E-state index in [0.717, 1.165) is 11.0 Å². The van der Waals surface area contributed by atoms with Crippen LogP contribution in [-0.4, -0.2) is 58.1 Å². The van der Waals surface area contributed by atoms with Gasteiger partial charge in [0.2, 0.25) is 11.9 Å². The Hall–Kier alpha value is -2.75. The summed E-state index contributed by atoms with van der Waals surface area (Å²) in [6.45, 7) is 6.07. The molecule has 30 heavy (non-hydrogen) atoms. The minimum absolute atomic E-state index is 0.0358. The van der Waals surface area contributed by atoms with Crippen molar-refractivity contribution in [3.05, 3.63) is 24.3 Å². The number of nitrogens with one attached hydrogen (secondary N) is 1. The second kappa shape index (κ2) is 7.19. The average Bonchev–Trinajstić information content (AvgIpc) is 3.21. The predicted octanol–water partition coefficient (Wildman–Crippen LogP) is 1.90. The molecule has 10 heteroatoms. The molecule has 3 heterocycles. The van der Waals surface area contributed by atoms with Gasteiger partial charge in [-0.3, -0.25) is 14.9 Å². The summed E-state index contributed by atoms with van der Waals surface area (Å²) >= 11 is 0. The van der Waals surface area contributed by atoms with Crippen molar-refractivity contribution in [1.82, 2.24) is 14.6 Å². The summed E-state index contributed by atoms with van der Waals surface area (Å²) in [5.41, 5.74) is 1.54. The Labute approximate surface area is 175 Å². The van der Waals surface area contributed by atoms with E-state index < -0.39 is 21.8 Å². The summed E-state index contributed by atoms with van der Waals surface area (Å²) in [4.78, 5) is 29.8. The molecule has 2 aromatic rings. The van der Waals surface area contributed by atoms with Crippen molar-refractivity contribution in [2.75, 3.05) is 16.8 Å². The van der Waals surface area contributed by atoms with E-state index >= 15 is 0 Å². The van der Waals surface area contributed by atoms with Crippen molar-refractivity contribution in [3.63, 3.8) is 0 Å². The molecular formula is C20H25N5O4S. The van der Waals surface area contributed by atoms with Crippen molar-refractivity contribution in [2.24, 2.45) is 5.10 Å². The Morgan fingerprint density at radius 3 is 2.60 bits per heavy atom. The Balaban J connectivity index is 1.63. The smallest absolute Gasteiger partial charge is 0.274 e. The number of sulfone groups is 1. The number of hydrogen-bond acceptors (Lipinski definition) is 6. The van der Waals surface area contributed by atoms with Crippen LogP contribution in [0.4, 0.5) is 5.95 Å². The number of hydrazone groups is 1. The third-order valence-corrected chi connectivity index (χ3v) is 7.08. The lowest BCUT2D eigenvalue weighted by atomic mass is 10.1. The molecule has 1 saturated heterocycles. The maximum absolute atomic E-state index is 13.0. The molecule has 2 amide bonds. The lowest BCUT2D eigenvalue weighted by Crippen LogP contribution is -2.43. The summed E-state index contributed by atoms with van der Waals surface area (Å²) in [6, 6.07) is 7.12. The Kier molecular flexibility index (Phi) is 4.92. The number of aromatic nitrogens is 2. The van der Waals surface area contributed by atoms with Crippen LogP contribution in [0.2, 0.25) is 0 Å². The first-order valence-corrected chi connectivity index (χ1v) is 11.8. The molecule has 1 atom stereocenters.